The van der Waals surface area contributed by atoms with Crippen molar-refractivity contribution in [1.29, 1.82) is 0 Å². The van der Waals surface area contributed by atoms with Gasteiger partial charge in [-0.3, -0.25) is 14.4 Å². The van der Waals surface area contributed by atoms with Crippen LogP contribution in [0.15, 0.2) is 54.6 Å². The highest BCUT2D eigenvalue weighted by Crippen LogP contribution is 2.49. The summed E-state index contributed by atoms with van der Waals surface area (Å²) in [4.78, 5) is 52.2. The fourth-order valence-corrected chi connectivity index (χ4v) is 6.21. The van der Waals surface area contributed by atoms with Crippen LogP contribution in [-0.2, 0) is 20.9 Å². The number of thioether (sulfide) groups is 1. The molecular weight excluding hydrogens is 456 g/mol. The Balaban J connectivity index is 1.49. The molecule has 2 amide bonds. The zero-order chi connectivity index (χ0) is 24.3. The Labute approximate surface area is 201 Å². The Bertz CT molecular complexity index is 1080. The standard InChI is InChI=1S/C25H26N2O6S/c1-33-24(32)19-9-7-18(8-10-19)22(30)26-13-11-25(12-14-26)27(16-17-5-3-2-4-6-17)23(31)20(34-25)15-21(28)29/h2-10,20H,11-16H2,1H3,(H,28,29). The van der Waals surface area contributed by atoms with Gasteiger partial charge in [-0.05, 0) is 42.7 Å². The van der Waals surface area contributed by atoms with Crippen LogP contribution in [0.2, 0.25) is 0 Å². The third kappa shape index (κ3) is 4.79. The average molecular weight is 483 g/mol. The minimum atomic E-state index is -0.995. The van der Waals surface area contributed by atoms with Crippen molar-refractivity contribution in [3.63, 3.8) is 0 Å². The van der Waals surface area contributed by atoms with E-state index in [4.69, 9.17) is 4.74 Å². The van der Waals surface area contributed by atoms with Crippen molar-refractivity contribution in [2.75, 3.05) is 20.2 Å². The van der Waals surface area contributed by atoms with Crippen LogP contribution in [0.4, 0.5) is 0 Å². The molecule has 2 heterocycles. The molecule has 178 valence electrons. The molecular formula is C25H26N2O6S. The van der Waals surface area contributed by atoms with Crippen LogP contribution in [0.3, 0.4) is 0 Å². The summed E-state index contributed by atoms with van der Waals surface area (Å²) in [5, 5.41) is 8.67. The van der Waals surface area contributed by atoms with Gasteiger partial charge in [0.25, 0.3) is 5.91 Å². The molecule has 2 fully saturated rings. The van der Waals surface area contributed by atoms with Gasteiger partial charge in [-0.15, -0.1) is 11.8 Å². The molecule has 0 aromatic heterocycles. The summed E-state index contributed by atoms with van der Waals surface area (Å²) in [5.74, 6) is -1.76. The first kappa shape index (κ1) is 23.8. The summed E-state index contributed by atoms with van der Waals surface area (Å²) in [5.41, 5.74) is 1.83. The van der Waals surface area contributed by atoms with E-state index in [2.05, 4.69) is 0 Å². The maximum atomic E-state index is 13.2. The third-order valence-corrected chi connectivity index (χ3v) is 8.04. The molecule has 1 N–H and O–H groups in total. The second-order valence-corrected chi connectivity index (χ2v) is 9.99. The minimum Gasteiger partial charge on any atom is -0.481 e. The normalized spacial score (nSPS) is 19.3. The molecule has 34 heavy (non-hydrogen) atoms. The highest BCUT2D eigenvalue weighted by Gasteiger charge is 2.53. The second-order valence-electron chi connectivity index (χ2n) is 8.42. The van der Waals surface area contributed by atoms with E-state index in [0.29, 0.717) is 43.6 Å². The molecule has 8 nitrogen and oxygen atoms in total. The lowest BCUT2D eigenvalue weighted by molar-refractivity contribution is -0.141. The van der Waals surface area contributed by atoms with Gasteiger partial charge in [-0.25, -0.2) is 4.79 Å². The number of aliphatic carboxylic acids is 1. The summed E-state index contributed by atoms with van der Waals surface area (Å²) < 4.78 is 4.69. The Kier molecular flexibility index (Phi) is 6.92. The summed E-state index contributed by atoms with van der Waals surface area (Å²) in [7, 11) is 1.30. The molecule has 1 atom stereocenters. The van der Waals surface area contributed by atoms with Gasteiger partial charge >= 0.3 is 11.9 Å². The molecule has 2 aromatic rings. The van der Waals surface area contributed by atoms with E-state index < -0.39 is 22.1 Å². The predicted molar refractivity (Wildman–Crippen MR) is 126 cm³/mol. The zero-order valence-electron chi connectivity index (χ0n) is 18.8. The minimum absolute atomic E-state index is 0.141. The van der Waals surface area contributed by atoms with Gasteiger partial charge in [-0.2, -0.15) is 0 Å². The third-order valence-electron chi connectivity index (χ3n) is 6.32. The number of carboxylic acid groups (broad SMARTS) is 1. The summed E-state index contributed by atoms with van der Waals surface area (Å²) in [6, 6.07) is 16.0. The summed E-state index contributed by atoms with van der Waals surface area (Å²) in [6.07, 6.45) is 0.891. The largest absolute Gasteiger partial charge is 0.481 e. The Morgan fingerprint density at radius 1 is 1.03 bits per heavy atom. The predicted octanol–water partition coefficient (Wildman–Crippen LogP) is 3.02. The molecule has 0 radical (unpaired) electrons. The number of benzene rings is 2. The quantitative estimate of drug-likeness (QED) is 0.631. The fourth-order valence-electron chi connectivity index (χ4n) is 4.53. The van der Waals surface area contributed by atoms with Crippen molar-refractivity contribution in [2.45, 2.75) is 35.9 Å². The van der Waals surface area contributed by atoms with Crippen LogP contribution in [0.5, 0.6) is 0 Å². The lowest BCUT2D eigenvalue weighted by Gasteiger charge is -2.44. The van der Waals surface area contributed by atoms with Crippen LogP contribution < -0.4 is 0 Å². The van der Waals surface area contributed by atoms with Crippen molar-refractivity contribution in [1.82, 2.24) is 9.80 Å². The number of likely N-dealkylation sites (tertiary alicyclic amines) is 1. The van der Waals surface area contributed by atoms with Crippen molar-refractivity contribution >= 4 is 35.5 Å². The monoisotopic (exact) mass is 482 g/mol. The molecule has 1 spiro atoms. The molecule has 0 saturated carbocycles. The van der Waals surface area contributed by atoms with Crippen molar-refractivity contribution < 1.29 is 29.0 Å². The highest BCUT2D eigenvalue weighted by molar-refractivity contribution is 8.02. The van der Waals surface area contributed by atoms with Crippen LogP contribution in [-0.4, -0.2) is 69.0 Å². The van der Waals surface area contributed by atoms with Crippen molar-refractivity contribution in [3.8, 4) is 0 Å². The van der Waals surface area contributed by atoms with Crippen molar-refractivity contribution in [3.05, 3.63) is 71.3 Å². The highest BCUT2D eigenvalue weighted by atomic mass is 32.2. The van der Waals surface area contributed by atoms with Gasteiger partial charge in [0.1, 0.15) is 0 Å². The molecule has 2 aliphatic rings. The number of carboxylic acids is 1. The zero-order valence-corrected chi connectivity index (χ0v) is 19.6. The van der Waals surface area contributed by atoms with E-state index in [1.54, 1.807) is 29.2 Å². The average Bonchev–Trinajstić information content (AvgIpc) is 3.09. The van der Waals surface area contributed by atoms with E-state index in [0.717, 1.165) is 5.56 Å². The van der Waals surface area contributed by atoms with Crippen LogP contribution in [0, 0.1) is 0 Å². The number of carbonyl (C=O) groups excluding carboxylic acids is 3. The van der Waals surface area contributed by atoms with Gasteiger partial charge in [0.05, 0.1) is 29.2 Å². The van der Waals surface area contributed by atoms with Crippen LogP contribution in [0.1, 0.15) is 45.5 Å². The van der Waals surface area contributed by atoms with Gasteiger partial charge in [0, 0.05) is 25.2 Å². The fraction of sp³-hybridized carbons (Fsp3) is 0.360. The number of amides is 2. The number of piperidine rings is 1. The number of hydrogen-bond donors (Lipinski definition) is 1. The van der Waals surface area contributed by atoms with Crippen LogP contribution >= 0.6 is 11.8 Å². The number of nitrogens with zero attached hydrogens (tertiary/aromatic N) is 2. The first-order valence-electron chi connectivity index (χ1n) is 11.1. The maximum absolute atomic E-state index is 13.2. The van der Waals surface area contributed by atoms with Crippen LogP contribution in [0.25, 0.3) is 0 Å². The molecule has 0 bridgehead atoms. The van der Waals surface area contributed by atoms with Gasteiger partial charge in [0.15, 0.2) is 0 Å². The molecule has 9 heteroatoms. The van der Waals surface area contributed by atoms with E-state index >= 15 is 0 Å². The lowest BCUT2D eigenvalue weighted by Crippen LogP contribution is -2.52. The SMILES string of the molecule is COC(=O)c1ccc(C(=O)N2CCC3(CC2)SC(CC(=O)O)C(=O)N3Cc2ccccc2)cc1. The number of rotatable bonds is 6. The molecule has 2 aliphatic heterocycles. The molecule has 4 rings (SSSR count). The molecule has 1 unspecified atom stereocenters. The molecule has 0 aliphatic carbocycles. The van der Waals surface area contributed by atoms with Gasteiger partial charge in [0.2, 0.25) is 5.91 Å². The number of ether oxygens (including phenoxy) is 1. The van der Waals surface area contributed by atoms with E-state index in [1.807, 2.05) is 35.2 Å². The summed E-state index contributed by atoms with van der Waals surface area (Å²) >= 11 is 1.42. The maximum Gasteiger partial charge on any atom is 0.337 e. The Hall–Kier alpha value is -3.33. The van der Waals surface area contributed by atoms with Gasteiger partial charge in [-0.1, -0.05) is 30.3 Å². The number of hydrogen-bond acceptors (Lipinski definition) is 6. The first-order valence-corrected chi connectivity index (χ1v) is 11.9. The molecule has 2 saturated heterocycles. The second kappa shape index (κ2) is 9.89. The summed E-state index contributed by atoms with van der Waals surface area (Å²) in [6.45, 7) is 1.30. The smallest absolute Gasteiger partial charge is 0.337 e. The number of carbonyl (C=O) groups is 4. The van der Waals surface area contributed by atoms with Gasteiger partial charge < -0.3 is 19.6 Å². The lowest BCUT2D eigenvalue weighted by atomic mass is 9.99. The van der Waals surface area contributed by atoms with E-state index in [1.165, 1.54) is 18.9 Å². The Morgan fingerprint density at radius 2 is 1.65 bits per heavy atom. The number of methoxy groups -OCH3 is 1. The topological polar surface area (TPSA) is 104 Å². The Morgan fingerprint density at radius 3 is 2.24 bits per heavy atom. The molecule has 2 aromatic carbocycles. The van der Waals surface area contributed by atoms with Crippen molar-refractivity contribution in [2.24, 2.45) is 0 Å². The van der Waals surface area contributed by atoms with E-state index in [-0.39, 0.29) is 18.2 Å². The first-order chi connectivity index (χ1) is 16.3. The number of esters is 1. The van der Waals surface area contributed by atoms with E-state index in [9.17, 15) is 24.3 Å².